The summed E-state index contributed by atoms with van der Waals surface area (Å²) in [4.78, 5) is 13.0. The molecule has 1 heterocycles. The molecule has 25 heavy (non-hydrogen) atoms. The van der Waals surface area contributed by atoms with Crippen LogP contribution in [0.4, 0.5) is 0 Å². The first-order valence-corrected chi connectivity index (χ1v) is 9.72. The number of halogens is 2. The van der Waals surface area contributed by atoms with E-state index < -0.39 is 22.5 Å². The molecule has 1 fully saturated rings. The van der Waals surface area contributed by atoms with Gasteiger partial charge in [0.15, 0.2) is 0 Å². The molecule has 1 aromatic rings. The molecule has 0 amide bonds. The van der Waals surface area contributed by atoms with Gasteiger partial charge < -0.3 is 9.84 Å². The lowest BCUT2D eigenvalue weighted by atomic mass is 10.2. The van der Waals surface area contributed by atoms with Crippen LogP contribution in [0.15, 0.2) is 24.3 Å². The van der Waals surface area contributed by atoms with Crippen LogP contribution in [-0.2, 0) is 26.1 Å². The maximum Gasteiger partial charge on any atom is 0.318 e. The van der Waals surface area contributed by atoms with Crippen molar-refractivity contribution in [2.75, 3.05) is 39.0 Å². The second-order valence-corrected chi connectivity index (χ2v) is 8.23. The van der Waals surface area contributed by atoms with Crippen LogP contribution in [0.25, 0.3) is 0 Å². The highest BCUT2D eigenvalue weighted by Crippen LogP contribution is 2.15. The van der Waals surface area contributed by atoms with E-state index in [2.05, 4.69) is 4.90 Å². The fourth-order valence-corrected chi connectivity index (χ4v) is 3.62. The molecule has 142 valence electrons. The van der Waals surface area contributed by atoms with Crippen LogP contribution < -0.4 is 0 Å². The zero-order valence-corrected chi connectivity index (χ0v) is 16.2. The van der Waals surface area contributed by atoms with Crippen LogP contribution in [0.2, 0.25) is 5.02 Å². The van der Waals surface area contributed by atoms with Crippen molar-refractivity contribution in [3.05, 3.63) is 34.9 Å². The summed E-state index contributed by atoms with van der Waals surface area (Å²) in [5, 5.41) is 9.55. The lowest BCUT2D eigenvalue weighted by molar-refractivity contribution is -0.137. The number of sulfonamides is 1. The fraction of sp³-hybridized carbons (Fsp3) is 0.533. The van der Waals surface area contributed by atoms with Crippen LogP contribution >= 0.6 is 24.0 Å². The Morgan fingerprint density at radius 3 is 2.80 bits per heavy atom. The van der Waals surface area contributed by atoms with Gasteiger partial charge in [-0.3, -0.25) is 9.69 Å². The first-order valence-electron chi connectivity index (χ1n) is 7.49. The number of hydrogen-bond acceptors (Lipinski definition) is 5. The van der Waals surface area contributed by atoms with Gasteiger partial charge in [-0.25, -0.2) is 8.42 Å². The largest absolute Gasteiger partial charge is 0.480 e. The molecular formula is C15H22Cl2N2O5S. The minimum absolute atomic E-state index is 0. The summed E-state index contributed by atoms with van der Waals surface area (Å²) in [5.41, 5.74) is 1.06. The van der Waals surface area contributed by atoms with Crippen LogP contribution in [-0.4, -0.2) is 73.8 Å². The number of hydrogen-bond donors (Lipinski definition) is 1. The normalized spacial score (nSPS) is 18.8. The molecule has 2 rings (SSSR count). The molecule has 0 saturated carbocycles. The van der Waals surface area contributed by atoms with Crippen molar-refractivity contribution in [1.29, 1.82) is 0 Å². The van der Waals surface area contributed by atoms with Crippen molar-refractivity contribution in [3.8, 4) is 0 Å². The van der Waals surface area contributed by atoms with Crippen LogP contribution in [0.5, 0.6) is 0 Å². The standard InChI is InChI=1S/C15H21ClN2O5S.ClH/c1-24(21,22)18(11-15(19)20)10-14-9-17(5-6-23-14)8-12-3-2-4-13(16)7-12;/h2-4,7,14H,5-6,8-11H2,1H3,(H,19,20);1H. The van der Waals surface area contributed by atoms with Crippen LogP contribution in [0.3, 0.4) is 0 Å². The number of benzene rings is 1. The van der Waals surface area contributed by atoms with E-state index in [1.165, 1.54) is 0 Å². The summed E-state index contributed by atoms with van der Waals surface area (Å²) >= 11 is 5.99. The molecular weight excluding hydrogens is 391 g/mol. The average Bonchev–Trinajstić information content (AvgIpc) is 2.45. The second-order valence-electron chi connectivity index (χ2n) is 5.81. The summed E-state index contributed by atoms with van der Waals surface area (Å²) < 4.78 is 30.0. The van der Waals surface area contributed by atoms with Gasteiger partial charge in [0.05, 0.1) is 19.0 Å². The van der Waals surface area contributed by atoms with Gasteiger partial charge in [-0.15, -0.1) is 12.4 Å². The predicted molar refractivity (Wildman–Crippen MR) is 97.8 cm³/mol. The molecule has 1 saturated heterocycles. The monoisotopic (exact) mass is 412 g/mol. The van der Waals surface area contributed by atoms with Gasteiger partial charge in [0.2, 0.25) is 10.0 Å². The highest BCUT2D eigenvalue weighted by Gasteiger charge is 2.28. The molecule has 1 aliphatic heterocycles. The number of aliphatic carboxylic acids is 1. The third-order valence-electron chi connectivity index (χ3n) is 3.71. The van der Waals surface area contributed by atoms with E-state index in [-0.39, 0.29) is 25.1 Å². The molecule has 7 nitrogen and oxygen atoms in total. The summed E-state index contributed by atoms with van der Waals surface area (Å²) in [5.74, 6) is -1.19. The zero-order chi connectivity index (χ0) is 17.7. The summed E-state index contributed by atoms with van der Waals surface area (Å²) in [6, 6.07) is 7.56. The number of carboxylic acids is 1. The SMILES string of the molecule is CS(=O)(=O)N(CC(=O)O)CC1CN(Cc2cccc(Cl)c2)CCO1.Cl. The minimum Gasteiger partial charge on any atom is -0.480 e. The third kappa shape index (κ3) is 7.47. The highest BCUT2D eigenvalue weighted by atomic mass is 35.5. The topological polar surface area (TPSA) is 87.2 Å². The maximum absolute atomic E-state index is 11.7. The van der Waals surface area contributed by atoms with E-state index >= 15 is 0 Å². The summed E-state index contributed by atoms with van der Waals surface area (Å²) in [6.07, 6.45) is 0.634. The Kier molecular flexibility index (Phi) is 8.59. The van der Waals surface area contributed by atoms with Crippen molar-refractivity contribution in [2.45, 2.75) is 12.6 Å². The quantitative estimate of drug-likeness (QED) is 0.726. The van der Waals surface area contributed by atoms with Gasteiger partial charge in [-0.1, -0.05) is 23.7 Å². The van der Waals surface area contributed by atoms with E-state index in [4.69, 9.17) is 21.4 Å². The Labute approximate surface area is 159 Å². The van der Waals surface area contributed by atoms with Crippen molar-refractivity contribution in [2.24, 2.45) is 0 Å². The van der Waals surface area contributed by atoms with E-state index in [1.54, 1.807) is 0 Å². The van der Waals surface area contributed by atoms with Gasteiger partial charge in [0.25, 0.3) is 0 Å². The number of carboxylic acid groups (broad SMARTS) is 1. The van der Waals surface area contributed by atoms with Gasteiger partial charge >= 0.3 is 5.97 Å². The van der Waals surface area contributed by atoms with Crippen molar-refractivity contribution in [3.63, 3.8) is 0 Å². The minimum atomic E-state index is -3.60. The van der Waals surface area contributed by atoms with Crippen molar-refractivity contribution >= 4 is 40.0 Å². The Balaban J connectivity index is 0.00000312. The molecule has 0 aromatic heterocycles. The van der Waals surface area contributed by atoms with Gasteiger partial charge in [0, 0.05) is 31.2 Å². The lowest BCUT2D eigenvalue weighted by Gasteiger charge is -2.34. The Hall–Kier alpha value is -0.900. The van der Waals surface area contributed by atoms with Crippen molar-refractivity contribution in [1.82, 2.24) is 9.21 Å². The van der Waals surface area contributed by atoms with E-state index in [0.717, 1.165) is 22.7 Å². The number of morpholine rings is 1. The Bertz CT molecular complexity index is 686. The van der Waals surface area contributed by atoms with Gasteiger partial charge in [-0.05, 0) is 17.7 Å². The number of carbonyl (C=O) groups is 1. The van der Waals surface area contributed by atoms with Crippen molar-refractivity contribution < 1.29 is 23.1 Å². The predicted octanol–water partition coefficient (Wildman–Crippen LogP) is 1.31. The first-order chi connectivity index (χ1) is 11.2. The van der Waals surface area contributed by atoms with E-state index in [1.807, 2.05) is 24.3 Å². The van der Waals surface area contributed by atoms with E-state index in [9.17, 15) is 13.2 Å². The average molecular weight is 413 g/mol. The molecule has 1 N–H and O–H groups in total. The molecule has 1 aliphatic rings. The molecule has 0 aliphatic carbocycles. The van der Waals surface area contributed by atoms with Crippen LogP contribution in [0.1, 0.15) is 5.56 Å². The second kappa shape index (κ2) is 9.70. The van der Waals surface area contributed by atoms with Gasteiger partial charge in [0.1, 0.15) is 6.54 Å². The molecule has 1 unspecified atom stereocenters. The maximum atomic E-state index is 11.7. The molecule has 0 radical (unpaired) electrons. The Morgan fingerprint density at radius 1 is 1.48 bits per heavy atom. The van der Waals surface area contributed by atoms with Crippen LogP contribution in [0, 0.1) is 0 Å². The molecule has 1 atom stereocenters. The lowest BCUT2D eigenvalue weighted by Crippen LogP contribution is -2.49. The summed E-state index contributed by atoms with van der Waals surface area (Å²) in [7, 11) is -3.60. The highest BCUT2D eigenvalue weighted by molar-refractivity contribution is 7.88. The Morgan fingerprint density at radius 2 is 2.20 bits per heavy atom. The summed E-state index contributed by atoms with van der Waals surface area (Å²) in [6.45, 7) is 1.86. The smallest absolute Gasteiger partial charge is 0.318 e. The zero-order valence-electron chi connectivity index (χ0n) is 13.8. The fourth-order valence-electron chi connectivity index (χ4n) is 2.62. The number of rotatable bonds is 7. The van der Waals surface area contributed by atoms with Gasteiger partial charge in [-0.2, -0.15) is 4.31 Å². The first kappa shape index (κ1) is 22.1. The number of ether oxygens (including phenoxy) is 1. The van der Waals surface area contributed by atoms with E-state index in [0.29, 0.717) is 24.7 Å². The molecule has 0 bridgehead atoms. The molecule has 1 aromatic carbocycles. The third-order valence-corrected chi connectivity index (χ3v) is 5.16. The number of nitrogens with zero attached hydrogens (tertiary/aromatic N) is 2. The molecule has 0 spiro atoms. The molecule has 10 heteroatoms.